The molecule has 1 saturated heterocycles. The molecule has 11 nitrogen and oxygen atoms in total. The minimum Gasteiger partial charge on any atom is -0.352 e. The molecule has 2 N–H and O–H groups in total. The minimum absolute atomic E-state index is 0.0505. The molecule has 2 aromatic carbocycles. The lowest BCUT2D eigenvalue weighted by Gasteiger charge is -2.29. The van der Waals surface area contributed by atoms with E-state index in [1.54, 1.807) is 23.5 Å². The summed E-state index contributed by atoms with van der Waals surface area (Å²) < 4.78 is 2.01. The molecule has 1 unspecified atom stereocenters. The molecule has 234 valence electrons. The number of thiophene rings is 1. The number of nitrogens with zero attached hydrogens (tertiary/aromatic N) is 5. The Morgan fingerprint density at radius 1 is 1.09 bits per heavy atom. The second-order valence-electron chi connectivity index (χ2n) is 11.8. The zero-order valence-electron chi connectivity index (χ0n) is 25.4. The average molecular weight is 656 g/mol. The highest BCUT2D eigenvalue weighted by atomic mass is 35.5. The van der Waals surface area contributed by atoms with Crippen LogP contribution >= 0.6 is 22.9 Å². The number of rotatable bonds is 6. The van der Waals surface area contributed by atoms with Crippen molar-refractivity contribution in [2.45, 2.75) is 65.2 Å². The minimum atomic E-state index is -0.679. The number of nitrogens with one attached hydrogen (secondary N) is 2. The maximum absolute atomic E-state index is 13.5. The van der Waals surface area contributed by atoms with Crippen molar-refractivity contribution in [1.82, 2.24) is 30.3 Å². The number of benzene rings is 2. The Bertz CT molecular complexity index is 1980. The molecule has 0 aliphatic carbocycles. The maximum atomic E-state index is 13.5. The lowest BCUT2D eigenvalue weighted by atomic mass is 9.99. The third-order valence-electron chi connectivity index (χ3n) is 8.81. The van der Waals surface area contributed by atoms with Crippen molar-refractivity contribution < 1.29 is 19.2 Å². The van der Waals surface area contributed by atoms with Gasteiger partial charge in [0.05, 0.1) is 12.1 Å². The van der Waals surface area contributed by atoms with Crippen LogP contribution in [0.3, 0.4) is 0 Å². The van der Waals surface area contributed by atoms with Gasteiger partial charge in [-0.3, -0.25) is 34.1 Å². The number of piperidine rings is 1. The quantitative estimate of drug-likeness (QED) is 0.298. The smallest absolute Gasteiger partial charge is 0.255 e. The molecule has 2 atom stereocenters. The Morgan fingerprint density at radius 2 is 1.87 bits per heavy atom. The summed E-state index contributed by atoms with van der Waals surface area (Å²) in [5.74, 6) is 0.100. The van der Waals surface area contributed by atoms with Gasteiger partial charge >= 0.3 is 0 Å². The molecule has 0 radical (unpaired) electrons. The van der Waals surface area contributed by atoms with E-state index in [1.165, 1.54) is 4.90 Å². The summed E-state index contributed by atoms with van der Waals surface area (Å²) in [5.41, 5.74) is 5.91. The van der Waals surface area contributed by atoms with Crippen LogP contribution in [0.15, 0.2) is 47.5 Å². The molecule has 0 bridgehead atoms. The van der Waals surface area contributed by atoms with E-state index in [4.69, 9.17) is 16.6 Å². The second kappa shape index (κ2) is 11.6. The second-order valence-corrected chi connectivity index (χ2v) is 13.4. The topological polar surface area (TPSA) is 139 Å². The largest absolute Gasteiger partial charge is 0.352 e. The number of halogens is 1. The molecule has 3 aliphatic heterocycles. The van der Waals surface area contributed by atoms with Crippen molar-refractivity contribution >= 4 is 52.3 Å². The van der Waals surface area contributed by atoms with Gasteiger partial charge < -0.3 is 10.2 Å². The highest BCUT2D eigenvalue weighted by Crippen LogP contribution is 2.39. The Morgan fingerprint density at radius 3 is 2.63 bits per heavy atom. The van der Waals surface area contributed by atoms with Crippen LogP contribution in [0.25, 0.3) is 5.00 Å². The molecule has 4 aromatic rings. The van der Waals surface area contributed by atoms with Gasteiger partial charge in [0.2, 0.25) is 17.7 Å². The summed E-state index contributed by atoms with van der Waals surface area (Å²) in [6, 6.07) is 11.7. The summed E-state index contributed by atoms with van der Waals surface area (Å²) in [6.45, 7) is 6.58. The molecular formula is C33H30ClN7O4S. The van der Waals surface area contributed by atoms with Crippen LogP contribution < -0.4 is 10.6 Å². The van der Waals surface area contributed by atoms with Gasteiger partial charge in [0.1, 0.15) is 22.9 Å². The molecule has 2 aromatic heterocycles. The van der Waals surface area contributed by atoms with Crippen molar-refractivity contribution in [1.29, 1.82) is 0 Å². The van der Waals surface area contributed by atoms with Gasteiger partial charge in [0.15, 0.2) is 5.82 Å². The molecule has 7 rings (SSSR count). The summed E-state index contributed by atoms with van der Waals surface area (Å²) in [5, 5.41) is 15.8. The number of carbonyl (C=O) groups is 4. The van der Waals surface area contributed by atoms with Crippen LogP contribution in [-0.4, -0.2) is 55.0 Å². The van der Waals surface area contributed by atoms with Gasteiger partial charge in [-0.2, -0.15) is 0 Å². The highest BCUT2D eigenvalue weighted by molar-refractivity contribution is 7.15. The van der Waals surface area contributed by atoms with Gasteiger partial charge in [-0.05, 0) is 62.1 Å². The first-order valence-corrected chi connectivity index (χ1v) is 16.2. The van der Waals surface area contributed by atoms with Crippen molar-refractivity contribution in [3.63, 3.8) is 0 Å². The number of hydrogen-bond donors (Lipinski definition) is 2. The van der Waals surface area contributed by atoms with Crippen molar-refractivity contribution in [2.24, 2.45) is 4.99 Å². The standard InChI is InChI=1S/C33H30ClN7O4S/c1-16-17(2)46-33-28(16)29(20-5-7-22(34)8-6-20)36-24(30-39-38-18(3)41(30)33)13-27(43)35-14-19-4-9-23-21(12-19)15-40(32(23)45)25-10-11-26(42)37-31(25)44/h4-9,12,24-25H,10-11,13-15H2,1-3H3,(H,35,43)(H,37,42,44)/t24-,25?/m0/s1. The van der Waals surface area contributed by atoms with Crippen LogP contribution in [0.1, 0.15) is 80.0 Å². The third-order valence-corrected chi connectivity index (χ3v) is 10.3. The van der Waals surface area contributed by atoms with E-state index in [0.717, 1.165) is 49.2 Å². The number of imide groups is 1. The van der Waals surface area contributed by atoms with E-state index >= 15 is 0 Å². The summed E-state index contributed by atoms with van der Waals surface area (Å²) >= 11 is 7.86. The van der Waals surface area contributed by atoms with Crippen LogP contribution in [0.5, 0.6) is 0 Å². The Hall–Kier alpha value is -4.68. The lowest BCUT2D eigenvalue weighted by molar-refractivity contribution is -0.137. The zero-order valence-corrected chi connectivity index (χ0v) is 27.0. The van der Waals surface area contributed by atoms with E-state index < -0.39 is 18.0 Å². The monoisotopic (exact) mass is 655 g/mol. The number of aliphatic imine (C=N–C) groups is 1. The van der Waals surface area contributed by atoms with Gasteiger partial charge in [-0.15, -0.1) is 21.5 Å². The van der Waals surface area contributed by atoms with Crippen LogP contribution in [0.2, 0.25) is 5.02 Å². The number of amides is 4. The van der Waals surface area contributed by atoms with Crippen LogP contribution in [-0.2, 0) is 27.5 Å². The van der Waals surface area contributed by atoms with Gasteiger partial charge in [0, 0.05) is 46.1 Å². The summed E-state index contributed by atoms with van der Waals surface area (Å²) in [4.78, 5) is 58.3. The molecular weight excluding hydrogens is 626 g/mol. The van der Waals surface area contributed by atoms with Crippen molar-refractivity contribution in [2.75, 3.05) is 0 Å². The Kier molecular flexibility index (Phi) is 7.56. The van der Waals surface area contributed by atoms with Crippen LogP contribution in [0.4, 0.5) is 0 Å². The summed E-state index contributed by atoms with van der Waals surface area (Å²) in [7, 11) is 0. The molecule has 1 fully saturated rings. The number of aryl methyl sites for hydroxylation is 2. The molecule has 46 heavy (non-hydrogen) atoms. The zero-order chi connectivity index (χ0) is 32.3. The molecule has 5 heterocycles. The Balaban J connectivity index is 1.11. The van der Waals surface area contributed by atoms with Gasteiger partial charge in [-0.25, -0.2) is 0 Å². The van der Waals surface area contributed by atoms with Gasteiger partial charge in [0.25, 0.3) is 5.91 Å². The SMILES string of the molecule is Cc1sc2c(c1C)C(c1ccc(Cl)cc1)=N[C@@H](CC(=O)NCc1ccc3c(c1)CN(C1CCC(=O)NC1=O)C3=O)c1nnc(C)n1-2. The normalized spacial score (nSPS) is 18.8. The number of fused-ring (bicyclic) bond motifs is 4. The fraction of sp³-hybridized carbons (Fsp3) is 0.303. The average Bonchev–Trinajstić information content (AvgIpc) is 3.63. The van der Waals surface area contributed by atoms with Gasteiger partial charge in [-0.1, -0.05) is 35.9 Å². The fourth-order valence-corrected chi connectivity index (χ4v) is 7.66. The molecule has 0 spiro atoms. The number of hydrogen-bond acceptors (Lipinski definition) is 8. The van der Waals surface area contributed by atoms with E-state index in [2.05, 4.69) is 34.7 Å². The van der Waals surface area contributed by atoms with E-state index in [9.17, 15) is 19.2 Å². The van der Waals surface area contributed by atoms with Crippen LogP contribution in [0, 0.1) is 20.8 Å². The molecule has 3 aliphatic rings. The highest BCUT2D eigenvalue weighted by Gasteiger charge is 2.39. The van der Waals surface area contributed by atoms with E-state index in [1.807, 2.05) is 41.8 Å². The lowest BCUT2D eigenvalue weighted by Crippen LogP contribution is -2.52. The predicted molar refractivity (Wildman–Crippen MR) is 172 cm³/mol. The first-order chi connectivity index (χ1) is 22.1. The van der Waals surface area contributed by atoms with E-state index in [0.29, 0.717) is 22.8 Å². The fourth-order valence-electron chi connectivity index (χ4n) is 6.32. The molecule has 0 saturated carbocycles. The third kappa shape index (κ3) is 5.21. The van der Waals surface area contributed by atoms with E-state index in [-0.39, 0.29) is 43.7 Å². The maximum Gasteiger partial charge on any atom is 0.255 e. The Labute approximate surface area is 273 Å². The first-order valence-electron chi connectivity index (χ1n) is 15.0. The summed E-state index contributed by atoms with van der Waals surface area (Å²) in [6.07, 6.45) is 0.551. The predicted octanol–water partition coefficient (Wildman–Crippen LogP) is 4.27. The first kappa shape index (κ1) is 30.0. The van der Waals surface area contributed by atoms with Crippen molar-refractivity contribution in [3.8, 4) is 5.00 Å². The molecule has 13 heteroatoms. The van der Waals surface area contributed by atoms with Crippen molar-refractivity contribution in [3.05, 3.63) is 97.4 Å². The number of carbonyl (C=O) groups excluding carboxylic acids is 4. The molecule has 4 amide bonds. The number of aromatic nitrogens is 3.